The van der Waals surface area contributed by atoms with Crippen molar-refractivity contribution in [1.82, 2.24) is 0 Å². The van der Waals surface area contributed by atoms with E-state index in [0.29, 0.717) is 18.8 Å². The lowest BCUT2D eigenvalue weighted by molar-refractivity contribution is 0.170. The van der Waals surface area contributed by atoms with Crippen LogP contribution in [0.4, 0.5) is 0 Å². The molecule has 4 rings (SSSR count). The highest BCUT2D eigenvalue weighted by Gasteiger charge is 2.49. The van der Waals surface area contributed by atoms with Crippen molar-refractivity contribution >= 4 is 0 Å². The third kappa shape index (κ3) is 3.08. The number of rotatable bonds is 7. The summed E-state index contributed by atoms with van der Waals surface area (Å²) in [6, 6.07) is 8.28. The minimum atomic E-state index is -0.0817. The van der Waals surface area contributed by atoms with Gasteiger partial charge in [-0.3, -0.25) is 0 Å². The minimum absolute atomic E-state index is 0.0817. The summed E-state index contributed by atoms with van der Waals surface area (Å²) in [5, 5.41) is 0. The fourth-order valence-corrected chi connectivity index (χ4v) is 2.35. The predicted octanol–water partition coefficient (Wildman–Crippen LogP) is 1.56. The van der Waals surface area contributed by atoms with Crippen molar-refractivity contribution in [1.29, 1.82) is 0 Å². The van der Waals surface area contributed by atoms with E-state index in [2.05, 4.69) is 12.1 Å². The SMILES string of the molecule is c1cc(OCC2(CC3CO3)CO2)ccc1CC1CO1. The molecule has 3 atom stereocenters. The van der Waals surface area contributed by atoms with Gasteiger partial charge in [-0.2, -0.15) is 0 Å². The van der Waals surface area contributed by atoms with Crippen molar-refractivity contribution in [2.24, 2.45) is 0 Å². The molecular weight excluding hydrogens is 244 g/mol. The molecule has 3 saturated heterocycles. The van der Waals surface area contributed by atoms with Gasteiger partial charge in [0.15, 0.2) is 0 Å². The molecule has 0 aliphatic carbocycles. The van der Waals surface area contributed by atoms with Crippen LogP contribution >= 0.6 is 0 Å². The molecule has 4 nitrogen and oxygen atoms in total. The summed E-state index contributed by atoms with van der Waals surface area (Å²) in [5.74, 6) is 0.909. The maximum Gasteiger partial charge on any atom is 0.128 e. The third-order valence-corrected chi connectivity index (χ3v) is 3.85. The highest BCUT2D eigenvalue weighted by Crippen LogP contribution is 2.36. The van der Waals surface area contributed by atoms with Crippen LogP contribution in [0.2, 0.25) is 0 Å². The smallest absolute Gasteiger partial charge is 0.128 e. The van der Waals surface area contributed by atoms with E-state index in [9.17, 15) is 0 Å². The Morgan fingerprint density at radius 1 is 1.11 bits per heavy atom. The first kappa shape index (κ1) is 11.7. The van der Waals surface area contributed by atoms with Crippen LogP contribution in [0.15, 0.2) is 24.3 Å². The molecule has 102 valence electrons. The molecule has 3 unspecified atom stereocenters. The molecular formula is C15H18O4. The van der Waals surface area contributed by atoms with Crippen molar-refractivity contribution in [2.45, 2.75) is 30.7 Å². The summed E-state index contributed by atoms with van der Waals surface area (Å²) >= 11 is 0. The van der Waals surface area contributed by atoms with Crippen LogP contribution in [-0.2, 0) is 20.6 Å². The van der Waals surface area contributed by atoms with E-state index in [1.165, 1.54) is 5.56 Å². The quantitative estimate of drug-likeness (QED) is 0.700. The maximum absolute atomic E-state index is 5.83. The fraction of sp³-hybridized carbons (Fsp3) is 0.600. The number of hydrogen-bond donors (Lipinski definition) is 0. The highest BCUT2D eigenvalue weighted by molar-refractivity contribution is 5.28. The van der Waals surface area contributed by atoms with Gasteiger partial charge in [0.1, 0.15) is 18.0 Å². The van der Waals surface area contributed by atoms with Crippen LogP contribution in [0, 0.1) is 0 Å². The Morgan fingerprint density at radius 3 is 2.37 bits per heavy atom. The van der Waals surface area contributed by atoms with E-state index in [1.807, 2.05) is 12.1 Å². The molecule has 0 amide bonds. The Labute approximate surface area is 112 Å². The topological polar surface area (TPSA) is 46.8 Å². The van der Waals surface area contributed by atoms with E-state index in [1.54, 1.807) is 0 Å². The molecule has 0 radical (unpaired) electrons. The van der Waals surface area contributed by atoms with Crippen molar-refractivity contribution in [2.75, 3.05) is 26.4 Å². The largest absolute Gasteiger partial charge is 0.490 e. The standard InChI is InChI=1S/C15H18O4/c1-3-12(4-2-11(1)5-13-7-16-13)18-9-15(10-19-15)6-14-8-17-14/h1-4,13-14H,5-10H2. The van der Waals surface area contributed by atoms with Gasteiger partial charge in [-0.05, 0) is 17.7 Å². The number of epoxide rings is 3. The lowest BCUT2D eigenvalue weighted by Gasteiger charge is -2.12. The molecule has 19 heavy (non-hydrogen) atoms. The first-order chi connectivity index (χ1) is 9.31. The second-order valence-corrected chi connectivity index (χ2v) is 5.72. The number of ether oxygens (including phenoxy) is 4. The van der Waals surface area contributed by atoms with E-state index in [0.717, 1.165) is 38.4 Å². The van der Waals surface area contributed by atoms with Gasteiger partial charge in [-0.15, -0.1) is 0 Å². The molecule has 0 bridgehead atoms. The average molecular weight is 262 g/mol. The summed E-state index contributed by atoms with van der Waals surface area (Å²) in [6.45, 7) is 3.20. The van der Waals surface area contributed by atoms with Crippen molar-refractivity contribution in [3.05, 3.63) is 29.8 Å². The molecule has 3 fully saturated rings. The van der Waals surface area contributed by atoms with Crippen molar-refractivity contribution < 1.29 is 18.9 Å². The van der Waals surface area contributed by atoms with Gasteiger partial charge in [0.2, 0.25) is 0 Å². The van der Waals surface area contributed by atoms with E-state index < -0.39 is 0 Å². The van der Waals surface area contributed by atoms with Crippen LogP contribution in [0.3, 0.4) is 0 Å². The van der Waals surface area contributed by atoms with Gasteiger partial charge in [-0.25, -0.2) is 0 Å². The second-order valence-electron chi connectivity index (χ2n) is 5.72. The number of hydrogen-bond acceptors (Lipinski definition) is 4. The van der Waals surface area contributed by atoms with Crippen LogP contribution in [-0.4, -0.2) is 44.2 Å². The van der Waals surface area contributed by atoms with Crippen LogP contribution < -0.4 is 4.74 Å². The monoisotopic (exact) mass is 262 g/mol. The predicted molar refractivity (Wildman–Crippen MR) is 68.4 cm³/mol. The van der Waals surface area contributed by atoms with Gasteiger partial charge in [0.25, 0.3) is 0 Å². The van der Waals surface area contributed by atoms with E-state index in [4.69, 9.17) is 18.9 Å². The van der Waals surface area contributed by atoms with Crippen molar-refractivity contribution in [3.8, 4) is 5.75 Å². The van der Waals surface area contributed by atoms with Crippen LogP contribution in [0.5, 0.6) is 5.75 Å². The number of benzene rings is 1. The summed E-state index contributed by atoms with van der Waals surface area (Å²) in [6.07, 6.45) is 2.80. The zero-order valence-electron chi connectivity index (χ0n) is 10.8. The van der Waals surface area contributed by atoms with Crippen LogP contribution in [0.1, 0.15) is 12.0 Å². The van der Waals surface area contributed by atoms with Gasteiger partial charge >= 0.3 is 0 Å². The molecule has 0 aromatic heterocycles. The first-order valence-corrected chi connectivity index (χ1v) is 6.90. The highest BCUT2D eigenvalue weighted by atomic mass is 16.6. The molecule has 3 heterocycles. The minimum Gasteiger partial charge on any atom is -0.490 e. The average Bonchev–Trinajstić information content (AvgIpc) is 3.25. The zero-order chi connectivity index (χ0) is 12.7. The molecule has 0 spiro atoms. The molecule has 0 saturated carbocycles. The molecule has 3 aliphatic rings. The van der Waals surface area contributed by atoms with Crippen molar-refractivity contribution in [3.63, 3.8) is 0 Å². The summed E-state index contributed by atoms with van der Waals surface area (Å²) < 4.78 is 21.8. The molecule has 0 N–H and O–H groups in total. The first-order valence-electron chi connectivity index (χ1n) is 6.90. The van der Waals surface area contributed by atoms with Gasteiger partial charge < -0.3 is 18.9 Å². The molecule has 1 aromatic rings. The Balaban J connectivity index is 1.29. The maximum atomic E-state index is 5.83. The Morgan fingerprint density at radius 2 is 1.79 bits per heavy atom. The molecule has 3 aliphatic heterocycles. The Hall–Kier alpha value is -1.10. The summed E-state index contributed by atoms with van der Waals surface area (Å²) in [5.41, 5.74) is 1.22. The lowest BCUT2D eigenvalue weighted by Crippen LogP contribution is -2.23. The zero-order valence-corrected chi connectivity index (χ0v) is 10.8. The van der Waals surface area contributed by atoms with Gasteiger partial charge in [0, 0.05) is 12.8 Å². The van der Waals surface area contributed by atoms with E-state index in [-0.39, 0.29) is 5.60 Å². The van der Waals surface area contributed by atoms with Crippen LogP contribution in [0.25, 0.3) is 0 Å². The van der Waals surface area contributed by atoms with Gasteiger partial charge in [-0.1, -0.05) is 12.1 Å². The fourth-order valence-electron chi connectivity index (χ4n) is 2.35. The Kier molecular flexibility index (Phi) is 2.76. The lowest BCUT2D eigenvalue weighted by atomic mass is 10.1. The summed E-state index contributed by atoms with van der Waals surface area (Å²) in [4.78, 5) is 0. The second kappa shape index (κ2) is 4.47. The molecule has 1 aromatic carbocycles. The molecule has 4 heteroatoms. The normalized spacial score (nSPS) is 34.9. The summed E-state index contributed by atoms with van der Waals surface area (Å²) in [7, 11) is 0. The van der Waals surface area contributed by atoms with E-state index >= 15 is 0 Å². The Bertz CT molecular complexity index is 444. The third-order valence-electron chi connectivity index (χ3n) is 3.85. The van der Waals surface area contributed by atoms with Gasteiger partial charge in [0.05, 0.1) is 32.0 Å².